The summed E-state index contributed by atoms with van der Waals surface area (Å²) in [5.74, 6) is 0. The average molecular weight is 270 g/mol. The molecule has 1 rings (SSSR count). The SMILES string of the molecule is CCCC(C)NC(C)c1ccc(S(N)(=O)=O)cc1. The first-order chi connectivity index (χ1) is 8.34. The summed E-state index contributed by atoms with van der Waals surface area (Å²) in [7, 11) is -3.60. The van der Waals surface area contributed by atoms with Gasteiger partial charge in [-0.3, -0.25) is 0 Å². The van der Waals surface area contributed by atoms with E-state index < -0.39 is 10.0 Å². The Labute approximate surface area is 110 Å². The molecule has 1 aromatic rings. The van der Waals surface area contributed by atoms with Gasteiger partial charge in [0.25, 0.3) is 0 Å². The highest BCUT2D eigenvalue weighted by Gasteiger charge is 2.11. The van der Waals surface area contributed by atoms with E-state index in [9.17, 15) is 8.42 Å². The van der Waals surface area contributed by atoms with Crippen LogP contribution >= 0.6 is 0 Å². The maximum atomic E-state index is 11.1. The maximum absolute atomic E-state index is 11.1. The second-order valence-electron chi connectivity index (χ2n) is 4.69. The maximum Gasteiger partial charge on any atom is 0.238 e. The molecule has 4 nitrogen and oxygen atoms in total. The molecule has 0 aromatic heterocycles. The molecule has 0 radical (unpaired) electrons. The van der Waals surface area contributed by atoms with Crippen LogP contribution in [0, 0.1) is 0 Å². The summed E-state index contributed by atoms with van der Waals surface area (Å²) in [6, 6.07) is 7.34. The Balaban J connectivity index is 2.73. The van der Waals surface area contributed by atoms with Gasteiger partial charge in [0, 0.05) is 12.1 Å². The van der Waals surface area contributed by atoms with Crippen molar-refractivity contribution in [3.63, 3.8) is 0 Å². The summed E-state index contributed by atoms with van der Waals surface area (Å²) in [4.78, 5) is 0.153. The molecule has 0 saturated heterocycles. The molecule has 0 aliphatic rings. The van der Waals surface area contributed by atoms with Crippen LogP contribution in [0.2, 0.25) is 0 Å². The van der Waals surface area contributed by atoms with Gasteiger partial charge in [0.1, 0.15) is 0 Å². The molecular weight excluding hydrogens is 248 g/mol. The van der Waals surface area contributed by atoms with E-state index in [1.807, 2.05) is 0 Å². The lowest BCUT2D eigenvalue weighted by Gasteiger charge is -2.20. The molecule has 3 N–H and O–H groups in total. The molecule has 0 fully saturated rings. The Bertz CT molecular complexity index is 468. The van der Waals surface area contributed by atoms with Gasteiger partial charge >= 0.3 is 0 Å². The summed E-state index contributed by atoms with van der Waals surface area (Å²) in [6.07, 6.45) is 2.27. The predicted octanol–water partition coefficient (Wildman–Crippen LogP) is 2.17. The van der Waals surface area contributed by atoms with Crippen molar-refractivity contribution in [3.05, 3.63) is 29.8 Å². The number of hydrogen-bond donors (Lipinski definition) is 2. The first kappa shape index (κ1) is 15.1. The average Bonchev–Trinajstić information content (AvgIpc) is 2.28. The number of nitrogens with one attached hydrogen (secondary N) is 1. The molecule has 2 unspecified atom stereocenters. The van der Waals surface area contributed by atoms with Crippen LogP contribution in [0.4, 0.5) is 0 Å². The molecule has 1 aromatic carbocycles. The number of benzene rings is 1. The fourth-order valence-electron chi connectivity index (χ4n) is 1.99. The van der Waals surface area contributed by atoms with Crippen LogP contribution in [0.15, 0.2) is 29.2 Å². The number of hydrogen-bond acceptors (Lipinski definition) is 3. The van der Waals surface area contributed by atoms with Crippen molar-refractivity contribution in [1.82, 2.24) is 5.32 Å². The Morgan fingerprint density at radius 3 is 2.22 bits per heavy atom. The zero-order valence-electron chi connectivity index (χ0n) is 11.2. The Hall–Kier alpha value is -0.910. The summed E-state index contributed by atoms with van der Waals surface area (Å²) in [6.45, 7) is 6.38. The van der Waals surface area contributed by atoms with Crippen LogP contribution < -0.4 is 10.5 Å². The van der Waals surface area contributed by atoms with Gasteiger partial charge in [-0.1, -0.05) is 25.5 Å². The molecule has 0 aliphatic heterocycles. The molecular formula is C13H22N2O2S. The van der Waals surface area contributed by atoms with E-state index in [1.165, 1.54) is 0 Å². The second kappa shape index (κ2) is 6.31. The predicted molar refractivity (Wildman–Crippen MR) is 73.7 cm³/mol. The molecule has 102 valence electrons. The summed E-state index contributed by atoms with van der Waals surface area (Å²) < 4.78 is 22.3. The van der Waals surface area contributed by atoms with Gasteiger partial charge in [0.15, 0.2) is 0 Å². The fraction of sp³-hybridized carbons (Fsp3) is 0.538. The minimum Gasteiger partial charge on any atom is -0.308 e. The van der Waals surface area contributed by atoms with Crippen molar-refractivity contribution in [1.29, 1.82) is 0 Å². The lowest BCUT2D eigenvalue weighted by Crippen LogP contribution is -2.28. The monoisotopic (exact) mass is 270 g/mol. The van der Waals surface area contributed by atoms with Crippen molar-refractivity contribution in [2.45, 2.75) is 50.6 Å². The molecule has 18 heavy (non-hydrogen) atoms. The Kier molecular flexibility index (Phi) is 5.31. The first-order valence-corrected chi connectivity index (χ1v) is 7.78. The molecule has 0 heterocycles. The largest absolute Gasteiger partial charge is 0.308 e. The third-order valence-corrected chi connectivity index (χ3v) is 3.89. The van der Waals surface area contributed by atoms with E-state index in [0.717, 1.165) is 18.4 Å². The topological polar surface area (TPSA) is 72.2 Å². The van der Waals surface area contributed by atoms with Gasteiger partial charge in [0.05, 0.1) is 4.90 Å². The van der Waals surface area contributed by atoms with Crippen molar-refractivity contribution < 1.29 is 8.42 Å². The van der Waals surface area contributed by atoms with Crippen molar-refractivity contribution in [2.24, 2.45) is 5.14 Å². The lowest BCUT2D eigenvalue weighted by atomic mass is 10.1. The number of primary sulfonamides is 1. The second-order valence-corrected chi connectivity index (χ2v) is 6.25. The van der Waals surface area contributed by atoms with E-state index in [2.05, 4.69) is 26.1 Å². The van der Waals surface area contributed by atoms with Crippen LogP contribution in [0.3, 0.4) is 0 Å². The molecule has 2 atom stereocenters. The van der Waals surface area contributed by atoms with Crippen molar-refractivity contribution in [2.75, 3.05) is 0 Å². The lowest BCUT2D eigenvalue weighted by molar-refractivity contribution is 0.452. The number of rotatable bonds is 6. The zero-order chi connectivity index (χ0) is 13.8. The summed E-state index contributed by atoms with van der Waals surface area (Å²) in [5, 5.41) is 8.53. The van der Waals surface area contributed by atoms with Crippen LogP contribution in [-0.4, -0.2) is 14.5 Å². The van der Waals surface area contributed by atoms with Gasteiger partial charge in [-0.15, -0.1) is 0 Å². The van der Waals surface area contributed by atoms with Crippen LogP contribution in [-0.2, 0) is 10.0 Å². The highest BCUT2D eigenvalue weighted by Crippen LogP contribution is 2.16. The molecule has 0 saturated carbocycles. The Morgan fingerprint density at radius 1 is 1.22 bits per heavy atom. The van der Waals surface area contributed by atoms with E-state index in [-0.39, 0.29) is 10.9 Å². The normalized spacial score (nSPS) is 15.3. The van der Waals surface area contributed by atoms with Gasteiger partial charge < -0.3 is 5.32 Å². The molecule has 0 aliphatic carbocycles. The van der Waals surface area contributed by atoms with Gasteiger partial charge in [0.2, 0.25) is 10.0 Å². The minimum absolute atomic E-state index is 0.153. The standard InChI is InChI=1S/C13H22N2O2S/c1-4-5-10(2)15-11(3)12-6-8-13(9-7-12)18(14,16)17/h6-11,15H,4-5H2,1-3H3,(H2,14,16,17). The third-order valence-electron chi connectivity index (χ3n) is 2.96. The number of nitrogens with two attached hydrogens (primary N) is 1. The van der Waals surface area contributed by atoms with Crippen LogP contribution in [0.5, 0.6) is 0 Å². The van der Waals surface area contributed by atoms with Gasteiger partial charge in [-0.2, -0.15) is 0 Å². The first-order valence-electron chi connectivity index (χ1n) is 6.23. The highest BCUT2D eigenvalue weighted by molar-refractivity contribution is 7.89. The molecule has 0 amide bonds. The van der Waals surface area contributed by atoms with Crippen LogP contribution in [0.1, 0.15) is 45.2 Å². The van der Waals surface area contributed by atoms with E-state index >= 15 is 0 Å². The van der Waals surface area contributed by atoms with Gasteiger partial charge in [-0.25, -0.2) is 13.6 Å². The summed E-state index contributed by atoms with van der Waals surface area (Å²) >= 11 is 0. The third kappa shape index (κ3) is 4.40. The quantitative estimate of drug-likeness (QED) is 0.832. The van der Waals surface area contributed by atoms with Crippen LogP contribution in [0.25, 0.3) is 0 Å². The van der Waals surface area contributed by atoms with Crippen molar-refractivity contribution in [3.8, 4) is 0 Å². The van der Waals surface area contributed by atoms with E-state index in [4.69, 9.17) is 5.14 Å². The molecule has 5 heteroatoms. The smallest absolute Gasteiger partial charge is 0.238 e. The minimum atomic E-state index is -3.60. The van der Waals surface area contributed by atoms with Crippen molar-refractivity contribution >= 4 is 10.0 Å². The Morgan fingerprint density at radius 2 is 1.78 bits per heavy atom. The van der Waals surface area contributed by atoms with Gasteiger partial charge in [-0.05, 0) is 38.0 Å². The molecule has 0 spiro atoms. The van der Waals surface area contributed by atoms with E-state index in [0.29, 0.717) is 6.04 Å². The highest BCUT2D eigenvalue weighted by atomic mass is 32.2. The zero-order valence-corrected chi connectivity index (χ0v) is 12.0. The fourth-order valence-corrected chi connectivity index (χ4v) is 2.50. The molecule has 0 bridgehead atoms. The summed E-state index contributed by atoms with van der Waals surface area (Å²) in [5.41, 5.74) is 1.06. The number of sulfonamides is 1. The van der Waals surface area contributed by atoms with E-state index in [1.54, 1.807) is 24.3 Å².